The van der Waals surface area contributed by atoms with Gasteiger partial charge in [0, 0.05) is 18.7 Å². The number of ether oxygens (including phenoxy) is 1. The van der Waals surface area contributed by atoms with Gasteiger partial charge in [0.15, 0.2) is 5.65 Å². The minimum Gasteiger partial charge on any atom is -0.491 e. The van der Waals surface area contributed by atoms with Gasteiger partial charge in [0.05, 0.1) is 0 Å². The van der Waals surface area contributed by atoms with Crippen LogP contribution in [0.3, 0.4) is 0 Å². The number of hydrogen-bond donors (Lipinski definition) is 1. The van der Waals surface area contributed by atoms with Crippen molar-refractivity contribution < 1.29 is 9.84 Å². The summed E-state index contributed by atoms with van der Waals surface area (Å²) in [6.45, 7) is 4.91. The van der Waals surface area contributed by atoms with Gasteiger partial charge in [0.25, 0.3) is 0 Å². The number of fused-ring (bicyclic) bond motifs is 1. The summed E-state index contributed by atoms with van der Waals surface area (Å²) in [5, 5.41) is 19.0. The Balaban J connectivity index is 1.26. The molecule has 1 saturated heterocycles. The van der Waals surface area contributed by atoms with Gasteiger partial charge in [-0.1, -0.05) is 23.8 Å². The smallest absolute Gasteiger partial charge is 0.160 e. The Morgan fingerprint density at radius 1 is 1.11 bits per heavy atom. The van der Waals surface area contributed by atoms with Gasteiger partial charge >= 0.3 is 0 Å². The Kier molecular flexibility index (Phi) is 5.36. The third-order valence-corrected chi connectivity index (χ3v) is 5.23. The Hall–Kier alpha value is -2.44. The monoisotopic (exact) mass is 366 g/mol. The van der Waals surface area contributed by atoms with Gasteiger partial charge in [-0.2, -0.15) is 0 Å². The molecule has 3 heterocycles. The van der Waals surface area contributed by atoms with E-state index in [-0.39, 0.29) is 0 Å². The van der Waals surface area contributed by atoms with Crippen LogP contribution in [-0.4, -0.2) is 56.9 Å². The molecule has 0 spiro atoms. The highest BCUT2D eigenvalue weighted by atomic mass is 16.5. The van der Waals surface area contributed by atoms with E-state index in [1.54, 1.807) is 0 Å². The summed E-state index contributed by atoms with van der Waals surface area (Å²) >= 11 is 0. The summed E-state index contributed by atoms with van der Waals surface area (Å²) in [5.74, 6) is 2.27. The first-order valence-electron chi connectivity index (χ1n) is 9.58. The molecule has 1 unspecified atom stereocenters. The fraction of sp³-hybridized carbons (Fsp3) is 0.429. The minimum absolute atomic E-state index is 0.317. The largest absolute Gasteiger partial charge is 0.491 e. The quantitative estimate of drug-likeness (QED) is 0.727. The summed E-state index contributed by atoms with van der Waals surface area (Å²) in [4.78, 5) is 2.31. The van der Waals surface area contributed by atoms with Crippen molar-refractivity contribution >= 4 is 5.65 Å². The van der Waals surface area contributed by atoms with E-state index in [0.717, 1.165) is 43.2 Å². The van der Waals surface area contributed by atoms with Crippen LogP contribution in [0, 0.1) is 6.92 Å². The SMILES string of the molecule is Cc1ccc(OCC(O)CN2CCC(c3nnc4ccccn34)CC2)cc1. The molecule has 1 aromatic carbocycles. The first-order chi connectivity index (χ1) is 13.2. The highest BCUT2D eigenvalue weighted by molar-refractivity contribution is 5.37. The summed E-state index contributed by atoms with van der Waals surface area (Å²) in [5.41, 5.74) is 2.10. The van der Waals surface area contributed by atoms with E-state index in [2.05, 4.69) is 19.5 Å². The summed E-state index contributed by atoms with van der Waals surface area (Å²) in [6.07, 6.45) is 3.60. The lowest BCUT2D eigenvalue weighted by atomic mass is 9.96. The molecule has 1 atom stereocenters. The first-order valence-corrected chi connectivity index (χ1v) is 9.58. The van der Waals surface area contributed by atoms with Gasteiger partial charge < -0.3 is 14.7 Å². The van der Waals surface area contributed by atoms with Crippen molar-refractivity contribution in [1.29, 1.82) is 0 Å². The topological polar surface area (TPSA) is 62.9 Å². The summed E-state index contributed by atoms with van der Waals surface area (Å²) in [7, 11) is 0. The van der Waals surface area contributed by atoms with Crippen LogP contribution in [-0.2, 0) is 0 Å². The maximum atomic E-state index is 10.3. The molecule has 3 aromatic rings. The van der Waals surface area contributed by atoms with Crippen LogP contribution in [0.2, 0.25) is 0 Å². The third-order valence-electron chi connectivity index (χ3n) is 5.23. The van der Waals surface area contributed by atoms with E-state index in [1.165, 1.54) is 5.56 Å². The number of hydrogen-bond acceptors (Lipinski definition) is 5. The maximum absolute atomic E-state index is 10.3. The van der Waals surface area contributed by atoms with Crippen LogP contribution in [0.4, 0.5) is 0 Å². The molecule has 0 bridgehead atoms. The average Bonchev–Trinajstić information content (AvgIpc) is 3.12. The van der Waals surface area contributed by atoms with E-state index in [4.69, 9.17) is 4.74 Å². The molecule has 6 nitrogen and oxygen atoms in total. The Bertz CT molecular complexity index is 869. The van der Waals surface area contributed by atoms with Crippen molar-refractivity contribution in [2.45, 2.75) is 31.8 Å². The number of nitrogens with zero attached hydrogens (tertiary/aromatic N) is 4. The molecule has 6 heteroatoms. The third kappa shape index (κ3) is 4.28. The van der Waals surface area contributed by atoms with Crippen LogP contribution in [0.1, 0.15) is 30.1 Å². The van der Waals surface area contributed by atoms with Crippen molar-refractivity contribution in [3.63, 3.8) is 0 Å². The van der Waals surface area contributed by atoms with Crippen LogP contribution < -0.4 is 4.74 Å². The number of aromatic nitrogens is 3. The molecule has 142 valence electrons. The zero-order valence-corrected chi connectivity index (χ0v) is 15.7. The molecule has 0 aliphatic carbocycles. The molecular formula is C21H26N4O2. The number of benzene rings is 1. The number of aliphatic hydroxyl groups is 1. The van der Waals surface area contributed by atoms with Gasteiger partial charge in [-0.15, -0.1) is 10.2 Å². The fourth-order valence-corrected chi connectivity index (χ4v) is 3.69. The van der Waals surface area contributed by atoms with E-state index >= 15 is 0 Å². The van der Waals surface area contributed by atoms with E-state index in [1.807, 2.05) is 55.6 Å². The molecule has 1 aliphatic heterocycles. The van der Waals surface area contributed by atoms with E-state index in [0.29, 0.717) is 19.1 Å². The van der Waals surface area contributed by atoms with Crippen LogP contribution in [0.15, 0.2) is 48.7 Å². The molecule has 4 rings (SSSR count). The Labute approximate surface area is 159 Å². The molecule has 1 N–H and O–H groups in total. The molecule has 1 fully saturated rings. The van der Waals surface area contributed by atoms with Gasteiger partial charge in [0.1, 0.15) is 24.3 Å². The van der Waals surface area contributed by atoms with Gasteiger partial charge in [-0.25, -0.2) is 0 Å². The molecule has 0 radical (unpaired) electrons. The van der Waals surface area contributed by atoms with Crippen LogP contribution in [0.25, 0.3) is 5.65 Å². The highest BCUT2D eigenvalue weighted by Crippen LogP contribution is 2.27. The van der Waals surface area contributed by atoms with Crippen molar-refractivity contribution in [3.05, 3.63) is 60.0 Å². The minimum atomic E-state index is -0.489. The highest BCUT2D eigenvalue weighted by Gasteiger charge is 2.25. The first kappa shape index (κ1) is 17.9. The summed E-state index contributed by atoms with van der Waals surface area (Å²) < 4.78 is 7.78. The lowest BCUT2D eigenvalue weighted by molar-refractivity contribution is 0.0590. The second-order valence-electron chi connectivity index (χ2n) is 7.34. The van der Waals surface area contributed by atoms with Crippen molar-refractivity contribution in [2.75, 3.05) is 26.2 Å². The fourth-order valence-electron chi connectivity index (χ4n) is 3.69. The number of rotatable bonds is 6. The van der Waals surface area contributed by atoms with Crippen molar-refractivity contribution in [2.24, 2.45) is 0 Å². The molecule has 0 saturated carbocycles. The number of aliphatic hydroxyl groups excluding tert-OH is 1. The number of β-amino-alcohol motifs (C(OH)–C–C–N with tert-alkyl or cyclic N) is 1. The van der Waals surface area contributed by atoms with Crippen molar-refractivity contribution in [3.8, 4) is 5.75 Å². The zero-order valence-electron chi connectivity index (χ0n) is 15.7. The standard InChI is InChI=1S/C21H26N4O2/c1-16-5-7-19(8-6-16)27-15-18(26)14-24-12-9-17(10-13-24)21-23-22-20-4-2-3-11-25(20)21/h2-8,11,17-18,26H,9-10,12-15H2,1H3. The molecule has 2 aromatic heterocycles. The Morgan fingerprint density at radius 3 is 2.67 bits per heavy atom. The predicted molar refractivity (Wildman–Crippen MR) is 104 cm³/mol. The van der Waals surface area contributed by atoms with E-state index < -0.39 is 6.10 Å². The lowest BCUT2D eigenvalue weighted by Gasteiger charge is -2.32. The van der Waals surface area contributed by atoms with Crippen molar-refractivity contribution in [1.82, 2.24) is 19.5 Å². The van der Waals surface area contributed by atoms with Crippen LogP contribution in [0.5, 0.6) is 5.75 Å². The Morgan fingerprint density at radius 2 is 1.89 bits per heavy atom. The van der Waals surface area contributed by atoms with Crippen LogP contribution >= 0.6 is 0 Å². The number of pyridine rings is 1. The lowest BCUT2D eigenvalue weighted by Crippen LogP contribution is -2.40. The zero-order chi connectivity index (χ0) is 18.6. The molecule has 1 aliphatic rings. The summed E-state index contributed by atoms with van der Waals surface area (Å²) in [6, 6.07) is 13.9. The number of aryl methyl sites for hydroxylation is 1. The molecule has 27 heavy (non-hydrogen) atoms. The van der Waals surface area contributed by atoms with E-state index in [9.17, 15) is 5.11 Å². The molecule has 0 amide bonds. The maximum Gasteiger partial charge on any atom is 0.160 e. The second-order valence-corrected chi connectivity index (χ2v) is 7.34. The molecular weight excluding hydrogens is 340 g/mol. The second kappa shape index (κ2) is 8.06. The normalized spacial score (nSPS) is 17.3. The number of likely N-dealkylation sites (tertiary alicyclic amines) is 1. The van der Waals surface area contributed by atoms with Gasteiger partial charge in [-0.05, 0) is 57.1 Å². The average molecular weight is 366 g/mol. The number of piperidine rings is 1. The van der Waals surface area contributed by atoms with Gasteiger partial charge in [0.2, 0.25) is 0 Å². The van der Waals surface area contributed by atoms with Gasteiger partial charge in [-0.3, -0.25) is 4.40 Å². The predicted octanol–water partition coefficient (Wildman–Crippen LogP) is 2.66.